The Bertz CT molecular complexity index is 637. The number of rotatable bonds is 2. The van der Waals surface area contributed by atoms with Gasteiger partial charge in [0.1, 0.15) is 0 Å². The van der Waals surface area contributed by atoms with Gasteiger partial charge in [-0.05, 0) is 12.1 Å². The fourth-order valence-electron chi connectivity index (χ4n) is 1.36. The van der Waals surface area contributed by atoms with Crippen LogP contribution in [0, 0.1) is 0 Å². The Balaban J connectivity index is 2.52. The highest BCUT2D eigenvalue weighted by atomic mass is 35.5. The summed E-state index contributed by atoms with van der Waals surface area (Å²) in [5, 5.41) is 15.2. The number of carboxylic acids is 1. The molecule has 0 saturated carbocycles. The van der Waals surface area contributed by atoms with E-state index in [1.807, 2.05) is 0 Å². The van der Waals surface area contributed by atoms with E-state index < -0.39 is 17.1 Å². The molecule has 0 aliphatic rings. The van der Waals surface area contributed by atoms with Gasteiger partial charge in [-0.3, -0.25) is 9.89 Å². The molecule has 0 amide bonds. The predicted molar refractivity (Wildman–Crippen MR) is 62.3 cm³/mol. The number of benzene rings is 1. The van der Waals surface area contributed by atoms with E-state index in [1.165, 1.54) is 6.07 Å². The summed E-state index contributed by atoms with van der Waals surface area (Å²) in [4.78, 5) is 22.1. The largest absolute Gasteiger partial charge is 0.476 e. The molecule has 6 heteroatoms. The third-order valence-electron chi connectivity index (χ3n) is 2.14. The van der Waals surface area contributed by atoms with Crippen LogP contribution in [-0.4, -0.2) is 21.3 Å². The molecule has 0 unspecified atom stereocenters. The van der Waals surface area contributed by atoms with Crippen molar-refractivity contribution in [3.63, 3.8) is 0 Å². The predicted octanol–water partition coefficient (Wildman–Crippen LogP) is 1.79. The number of hydrogen-bond donors (Lipinski definition) is 2. The third-order valence-corrected chi connectivity index (χ3v) is 2.37. The molecule has 1 aromatic carbocycles. The highest BCUT2D eigenvalue weighted by Gasteiger charge is 2.11. The number of halogens is 1. The van der Waals surface area contributed by atoms with E-state index in [0.29, 0.717) is 16.3 Å². The molecular weight excluding hydrogens is 244 g/mol. The van der Waals surface area contributed by atoms with Gasteiger partial charge in [0.25, 0.3) is 0 Å². The first-order valence-electron chi connectivity index (χ1n) is 4.67. The van der Waals surface area contributed by atoms with E-state index in [9.17, 15) is 9.59 Å². The van der Waals surface area contributed by atoms with Gasteiger partial charge in [-0.2, -0.15) is 5.10 Å². The summed E-state index contributed by atoms with van der Waals surface area (Å²) in [5.41, 5.74) is -0.0939. The molecule has 0 atom stereocenters. The fraction of sp³-hybridized carbons (Fsp3) is 0. The van der Waals surface area contributed by atoms with Crippen molar-refractivity contribution in [2.75, 3.05) is 0 Å². The Morgan fingerprint density at radius 2 is 2.12 bits per heavy atom. The Morgan fingerprint density at radius 3 is 2.71 bits per heavy atom. The van der Waals surface area contributed by atoms with E-state index in [-0.39, 0.29) is 0 Å². The molecular formula is C11H7ClN2O3. The van der Waals surface area contributed by atoms with Crippen molar-refractivity contribution < 1.29 is 9.90 Å². The van der Waals surface area contributed by atoms with Crippen molar-refractivity contribution in [1.29, 1.82) is 0 Å². The standard InChI is InChI=1S/C11H7ClN2O3/c12-7-3-1-2-6(4-7)8-5-9(15)10(11(16)17)14-13-8/h1-5H,(H,13,15)(H,16,17). The molecule has 0 saturated heterocycles. The van der Waals surface area contributed by atoms with Crippen molar-refractivity contribution >= 4 is 17.6 Å². The van der Waals surface area contributed by atoms with Gasteiger partial charge in [-0.25, -0.2) is 4.79 Å². The summed E-state index contributed by atoms with van der Waals surface area (Å²) in [6.07, 6.45) is 0. The van der Waals surface area contributed by atoms with Gasteiger partial charge in [-0.1, -0.05) is 23.7 Å². The zero-order valence-corrected chi connectivity index (χ0v) is 9.23. The molecule has 17 heavy (non-hydrogen) atoms. The van der Waals surface area contributed by atoms with Gasteiger partial charge in [0.2, 0.25) is 11.1 Å². The zero-order valence-electron chi connectivity index (χ0n) is 8.48. The van der Waals surface area contributed by atoms with Crippen molar-refractivity contribution in [3.05, 3.63) is 51.3 Å². The number of carbonyl (C=O) groups is 1. The number of H-pyrrole nitrogens is 1. The molecule has 0 aliphatic heterocycles. The second-order valence-electron chi connectivity index (χ2n) is 3.31. The smallest absolute Gasteiger partial charge is 0.360 e. The van der Waals surface area contributed by atoms with Crippen molar-refractivity contribution in [2.24, 2.45) is 0 Å². The maximum absolute atomic E-state index is 11.4. The second-order valence-corrected chi connectivity index (χ2v) is 3.75. The first-order chi connectivity index (χ1) is 8.08. The first kappa shape index (κ1) is 11.3. The lowest BCUT2D eigenvalue weighted by Gasteiger charge is -2.01. The second kappa shape index (κ2) is 4.39. The van der Waals surface area contributed by atoms with Crippen LogP contribution in [0.5, 0.6) is 0 Å². The molecule has 2 rings (SSSR count). The van der Waals surface area contributed by atoms with Crippen molar-refractivity contribution in [1.82, 2.24) is 10.2 Å². The molecule has 2 aromatic rings. The minimum Gasteiger partial charge on any atom is -0.476 e. The van der Waals surface area contributed by atoms with E-state index in [4.69, 9.17) is 16.7 Å². The van der Waals surface area contributed by atoms with E-state index >= 15 is 0 Å². The lowest BCUT2D eigenvalue weighted by molar-refractivity contribution is 0.0687. The van der Waals surface area contributed by atoms with Gasteiger partial charge >= 0.3 is 5.97 Å². The highest BCUT2D eigenvalue weighted by molar-refractivity contribution is 6.30. The van der Waals surface area contributed by atoms with E-state index in [0.717, 1.165) is 0 Å². The Morgan fingerprint density at radius 1 is 1.35 bits per heavy atom. The fourth-order valence-corrected chi connectivity index (χ4v) is 1.55. The van der Waals surface area contributed by atoms with Gasteiger partial charge in [-0.15, -0.1) is 0 Å². The summed E-state index contributed by atoms with van der Waals surface area (Å²) in [7, 11) is 0. The van der Waals surface area contributed by atoms with Crippen LogP contribution in [0.25, 0.3) is 11.3 Å². The Hall–Kier alpha value is -2.14. The number of hydrogen-bond acceptors (Lipinski definition) is 3. The molecule has 5 nitrogen and oxygen atoms in total. The number of nitrogens with one attached hydrogen (secondary N) is 1. The van der Waals surface area contributed by atoms with Crippen LogP contribution >= 0.6 is 11.6 Å². The van der Waals surface area contributed by atoms with Crippen LogP contribution in [-0.2, 0) is 0 Å². The average Bonchev–Trinajstić information content (AvgIpc) is 2.28. The number of carboxylic acid groups (broad SMARTS) is 1. The highest BCUT2D eigenvalue weighted by Crippen LogP contribution is 2.19. The van der Waals surface area contributed by atoms with Crippen molar-refractivity contribution in [2.45, 2.75) is 0 Å². The minimum absolute atomic E-state index is 0.419. The van der Waals surface area contributed by atoms with Crippen LogP contribution in [0.1, 0.15) is 10.5 Å². The molecule has 86 valence electrons. The zero-order chi connectivity index (χ0) is 12.4. The van der Waals surface area contributed by atoms with Gasteiger partial charge in [0, 0.05) is 16.7 Å². The maximum Gasteiger partial charge on any atom is 0.360 e. The normalized spacial score (nSPS) is 10.2. The number of aromatic carboxylic acids is 1. The topological polar surface area (TPSA) is 83.0 Å². The summed E-state index contributed by atoms with van der Waals surface area (Å²) in [6.45, 7) is 0. The number of nitrogens with zero attached hydrogens (tertiary/aromatic N) is 1. The molecule has 1 aromatic heterocycles. The van der Waals surface area contributed by atoms with E-state index in [2.05, 4.69) is 10.2 Å². The SMILES string of the molecule is O=C(O)c1n[nH]c(-c2cccc(Cl)c2)cc1=O. The Labute approximate surface area is 101 Å². The number of aromatic amines is 1. The molecule has 0 bridgehead atoms. The average molecular weight is 251 g/mol. The molecule has 0 radical (unpaired) electrons. The first-order valence-corrected chi connectivity index (χ1v) is 5.04. The van der Waals surface area contributed by atoms with Gasteiger partial charge < -0.3 is 5.11 Å². The van der Waals surface area contributed by atoms with Crippen LogP contribution in [0.3, 0.4) is 0 Å². The van der Waals surface area contributed by atoms with Gasteiger partial charge in [0.05, 0.1) is 5.69 Å². The maximum atomic E-state index is 11.4. The summed E-state index contributed by atoms with van der Waals surface area (Å²) in [6, 6.07) is 7.99. The van der Waals surface area contributed by atoms with E-state index in [1.54, 1.807) is 24.3 Å². The van der Waals surface area contributed by atoms with Crippen LogP contribution < -0.4 is 5.43 Å². The van der Waals surface area contributed by atoms with Gasteiger partial charge in [0.15, 0.2) is 0 Å². The summed E-state index contributed by atoms with van der Waals surface area (Å²) >= 11 is 5.81. The van der Waals surface area contributed by atoms with Crippen molar-refractivity contribution in [3.8, 4) is 11.3 Å². The monoisotopic (exact) mass is 250 g/mol. The lowest BCUT2D eigenvalue weighted by atomic mass is 10.1. The van der Waals surface area contributed by atoms with Crippen LogP contribution in [0.2, 0.25) is 5.02 Å². The quantitative estimate of drug-likeness (QED) is 0.851. The van der Waals surface area contributed by atoms with Crippen LogP contribution in [0.15, 0.2) is 35.1 Å². The summed E-state index contributed by atoms with van der Waals surface area (Å²) < 4.78 is 0. The third kappa shape index (κ3) is 2.34. The summed E-state index contributed by atoms with van der Waals surface area (Å²) in [5.74, 6) is -1.36. The Kier molecular flexibility index (Phi) is 2.93. The number of aromatic nitrogens is 2. The lowest BCUT2D eigenvalue weighted by Crippen LogP contribution is -2.17. The minimum atomic E-state index is -1.36. The molecule has 0 aliphatic carbocycles. The van der Waals surface area contributed by atoms with Crippen LogP contribution in [0.4, 0.5) is 0 Å². The molecule has 0 fully saturated rings. The molecule has 0 spiro atoms. The molecule has 1 heterocycles. The molecule has 2 N–H and O–H groups in total.